The van der Waals surface area contributed by atoms with Gasteiger partial charge in [0.15, 0.2) is 18.1 Å². The van der Waals surface area contributed by atoms with Gasteiger partial charge >= 0.3 is 5.97 Å². The average molecular weight is 378 g/mol. The van der Waals surface area contributed by atoms with Gasteiger partial charge in [0.2, 0.25) is 0 Å². The Morgan fingerprint density at radius 3 is 2.37 bits per heavy atom. The van der Waals surface area contributed by atoms with E-state index in [9.17, 15) is 14.4 Å². The highest BCUT2D eigenvalue weighted by molar-refractivity contribution is 5.96. The van der Waals surface area contributed by atoms with E-state index in [1.807, 2.05) is 13.8 Å². The zero-order valence-electron chi connectivity index (χ0n) is 16.2. The van der Waals surface area contributed by atoms with E-state index in [1.54, 1.807) is 12.1 Å². The quantitative estimate of drug-likeness (QED) is 0.489. The summed E-state index contributed by atoms with van der Waals surface area (Å²) in [6.07, 6.45) is 0. The van der Waals surface area contributed by atoms with Gasteiger partial charge in [-0.15, -0.1) is 0 Å². The molecule has 0 bridgehead atoms. The molecule has 2 amide bonds. The standard InChI is InChI=1S/C19H26N2O6/c1-6-21(11-13(2)3)17(22)12-27-18(23)10-20-19(24)14-7-8-15(25-4)16(9-14)26-5/h7-9H,2,6,10-12H2,1,3-5H3,(H,20,24). The number of hydrogen-bond acceptors (Lipinski definition) is 6. The molecular formula is C19H26N2O6. The maximum atomic E-state index is 12.1. The van der Waals surface area contributed by atoms with Crippen LogP contribution in [0.4, 0.5) is 0 Å². The van der Waals surface area contributed by atoms with Crippen molar-refractivity contribution in [2.24, 2.45) is 0 Å². The second-order valence-corrected chi connectivity index (χ2v) is 5.78. The lowest BCUT2D eigenvalue weighted by atomic mass is 10.2. The van der Waals surface area contributed by atoms with Crippen molar-refractivity contribution >= 4 is 17.8 Å². The van der Waals surface area contributed by atoms with E-state index in [1.165, 1.54) is 25.2 Å². The van der Waals surface area contributed by atoms with E-state index in [-0.39, 0.29) is 19.1 Å². The maximum Gasteiger partial charge on any atom is 0.325 e. The number of hydrogen-bond donors (Lipinski definition) is 1. The number of rotatable bonds is 10. The Labute approximate surface area is 159 Å². The zero-order valence-corrected chi connectivity index (χ0v) is 16.2. The van der Waals surface area contributed by atoms with Crippen LogP contribution in [0.3, 0.4) is 0 Å². The van der Waals surface area contributed by atoms with Crippen molar-refractivity contribution < 1.29 is 28.6 Å². The van der Waals surface area contributed by atoms with Crippen molar-refractivity contribution in [2.45, 2.75) is 13.8 Å². The van der Waals surface area contributed by atoms with Gasteiger partial charge in [-0.05, 0) is 32.0 Å². The second-order valence-electron chi connectivity index (χ2n) is 5.78. The molecule has 148 valence electrons. The predicted octanol–water partition coefficient (Wildman–Crippen LogP) is 1.40. The summed E-state index contributed by atoms with van der Waals surface area (Å²) in [5.41, 5.74) is 1.13. The van der Waals surface area contributed by atoms with Gasteiger partial charge in [-0.25, -0.2) is 0 Å². The molecule has 0 radical (unpaired) electrons. The molecule has 0 aliphatic heterocycles. The Balaban J connectivity index is 2.51. The number of nitrogens with one attached hydrogen (secondary N) is 1. The minimum Gasteiger partial charge on any atom is -0.493 e. The molecule has 0 unspecified atom stereocenters. The van der Waals surface area contributed by atoms with Gasteiger partial charge in [0.25, 0.3) is 11.8 Å². The van der Waals surface area contributed by atoms with Crippen molar-refractivity contribution in [1.82, 2.24) is 10.2 Å². The van der Waals surface area contributed by atoms with Gasteiger partial charge in [-0.3, -0.25) is 14.4 Å². The molecule has 0 aromatic heterocycles. The fraction of sp³-hybridized carbons (Fsp3) is 0.421. The summed E-state index contributed by atoms with van der Waals surface area (Å²) in [6.45, 7) is 7.55. The van der Waals surface area contributed by atoms with Crippen LogP contribution >= 0.6 is 0 Å². The molecule has 1 rings (SSSR count). The van der Waals surface area contributed by atoms with Crippen molar-refractivity contribution in [3.05, 3.63) is 35.9 Å². The van der Waals surface area contributed by atoms with E-state index in [4.69, 9.17) is 14.2 Å². The zero-order chi connectivity index (χ0) is 20.4. The Bertz CT molecular complexity index is 701. The van der Waals surface area contributed by atoms with E-state index in [0.717, 1.165) is 5.57 Å². The molecule has 8 heteroatoms. The fourth-order valence-electron chi connectivity index (χ4n) is 2.22. The molecule has 0 aliphatic carbocycles. The van der Waals surface area contributed by atoms with Gasteiger partial charge < -0.3 is 24.4 Å². The van der Waals surface area contributed by atoms with Gasteiger partial charge in [0, 0.05) is 18.7 Å². The topological polar surface area (TPSA) is 94.2 Å². The van der Waals surface area contributed by atoms with Gasteiger partial charge in [-0.1, -0.05) is 12.2 Å². The van der Waals surface area contributed by atoms with Gasteiger partial charge in [-0.2, -0.15) is 0 Å². The predicted molar refractivity (Wildman–Crippen MR) is 99.9 cm³/mol. The normalized spacial score (nSPS) is 9.93. The van der Waals surface area contributed by atoms with Crippen LogP contribution in [0.2, 0.25) is 0 Å². The lowest BCUT2D eigenvalue weighted by molar-refractivity contribution is -0.150. The summed E-state index contributed by atoms with van der Waals surface area (Å²) < 4.78 is 15.2. The number of benzene rings is 1. The van der Waals surface area contributed by atoms with Gasteiger partial charge in [0.1, 0.15) is 6.54 Å². The monoisotopic (exact) mass is 378 g/mol. The van der Waals surface area contributed by atoms with Crippen LogP contribution < -0.4 is 14.8 Å². The lowest BCUT2D eigenvalue weighted by Crippen LogP contribution is -2.37. The number of ether oxygens (including phenoxy) is 3. The summed E-state index contributed by atoms with van der Waals surface area (Å²) in [4.78, 5) is 37.4. The lowest BCUT2D eigenvalue weighted by Gasteiger charge is -2.20. The summed E-state index contributed by atoms with van der Waals surface area (Å²) in [7, 11) is 2.95. The number of esters is 1. The van der Waals surface area contributed by atoms with Crippen LogP contribution in [0.15, 0.2) is 30.4 Å². The number of amides is 2. The Morgan fingerprint density at radius 2 is 1.81 bits per heavy atom. The van der Waals surface area contributed by atoms with Crippen molar-refractivity contribution in [2.75, 3.05) is 40.5 Å². The molecule has 8 nitrogen and oxygen atoms in total. The second kappa shape index (κ2) is 10.8. The molecule has 1 aromatic carbocycles. The highest BCUT2D eigenvalue weighted by Crippen LogP contribution is 2.27. The third-order valence-electron chi connectivity index (χ3n) is 3.59. The molecule has 0 saturated heterocycles. The minimum absolute atomic E-state index is 0.301. The van der Waals surface area contributed by atoms with Crippen molar-refractivity contribution in [3.8, 4) is 11.5 Å². The smallest absolute Gasteiger partial charge is 0.325 e. The average Bonchev–Trinajstić information content (AvgIpc) is 2.67. The molecule has 0 atom stereocenters. The molecule has 1 N–H and O–H groups in total. The minimum atomic E-state index is -0.705. The summed E-state index contributed by atoms with van der Waals surface area (Å²) in [6, 6.07) is 4.63. The van der Waals surface area contributed by atoms with E-state index in [2.05, 4.69) is 11.9 Å². The largest absolute Gasteiger partial charge is 0.493 e. The summed E-state index contributed by atoms with van der Waals surface area (Å²) in [5, 5.41) is 2.44. The number of likely N-dealkylation sites (N-methyl/N-ethyl adjacent to an activating group) is 1. The first-order valence-electron chi connectivity index (χ1n) is 8.40. The number of nitrogens with zero attached hydrogens (tertiary/aromatic N) is 1. The van der Waals surface area contributed by atoms with Crippen molar-refractivity contribution in [3.63, 3.8) is 0 Å². The van der Waals surface area contributed by atoms with Crippen LogP contribution in [0.25, 0.3) is 0 Å². The van der Waals surface area contributed by atoms with Crippen LogP contribution in [0.5, 0.6) is 11.5 Å². The number of methoxy groups -OCH3 is 2. The summed E-state index contributed by atoms with van der Waals surface area (Å²) in [5.74, 6) is -0.613. The SMILES string of the molecule is C=C(C)CN(CC)C(=O)COC(=O)CNC(=O)c1ccc(OC)c(OC)c1. The molecule has 0 aliphatic rings. The Morgan fingerprint density at radius 1 is 1.15 bits per heavy atom. The molecule has 0 spiro atoms. The first kappa shape index (κ1) is 22.0. The van der Waals surface area contributed by atoms with Crippen LogP contribution in [0, 0.1) is 0 Å². The highest BCUT2D eigenvalue weighted by atomic mass is 16.5. The van der Waals surface area contributed by atoms with E-state index >= 15 is 0 Å². The Kier molecular flexibility index (Phi) is 8.84. The molecule has 0 saturated carbocycles. The third kappa shape index (κ3) is 7.01. The van der Waals surface area contributed by atoms with Crippen LogP contribution in [-0.2, 0) is 14.3 Å². The van der Waals surface area contributed by atoms with Crippen molar-refractivity contribution in [1.29, 1.82) is 0 Å². The number of carbonyl (C=O) groups excluding carboxylic acids is 3. The molecular weight excluding hydrogens is 352 g/mol. The van der Waals surface area contributed by atoms with E-state index in [0.29, 0.717) is 30.2 Å². The Hall–Kier alpha value is -3.03. The van der Waals surface area contributed by atoms with Crippen LogP contribution in [-0.4, -0.2) is 63.1 Å². The number of carbonyl (C=O) groups is 3. The molecule has 27 heavy (non-hydrogen) atoms. The van der Waals surface area contributed by atoms with Gasteiger partial charge in [0.05, 0.1) is 14.2 Å². The first-order valence-corrected chi connectivity index (χ1v) is 8.40. The van der Waals surface area contributed by atoms with E-state index < -0.39 is 11.9 Å². The fourth-order valence-corrected chi connectivity index (χ4v) is 2.22. The first-order chi connectivity index (χ1) is 12.8. The molecule has 0 fully saturated rings. The third-order valence-corrected chi connectivity index (χ3v) is 3.59. The summed E-state index contributed by atoms with van der Waals surface area (Å²) >= 11 is 0. The highest BCUT2D eigenvalue weighted by Gasteiger charge is 2.16. The molecule has 1 aromatic rings. The van der Waals surface area contributed by atoms with Crippen LogP contribution in [0.1, 0.15) is 24.2 Å². The molecule has 0 heterocycles. The maximum absolute atomic E-state index is 12.1.